The largest absolute Gasteiger partial charge is 0.472 e. The van der Waals surface area contributed by atoms with Gasteiger partial charge in [-0.3, -0.25) is 13.8 Å². The Labute approximate surface area is 328 Å². The van der Waals surface area contributed by atoms with Crippen molar-refractivity contribution in [1.82, 2.24) is 5.32 Å². The number of rotatable bonds is 43. The van der Waals surface area contributed by atoms with Gasteiger partial charge in [-0.15, -0.1) is 0 Å². The number of aliphatic hydroxyl groups excluding tert-OH is 1. The summed E-state index contributed by atoms with van der Waals surface area (Å²) in [6.07, 6.45) is 45.5. The van der Waals surface area contributed by atoms with Crippen LogP contribution in [0.1, 0.15) is 232 Å². The van der Waals surface area contributed by atoms with Gasteiger partial charge in [0, 0.05) is 13.0 Å². The molecule has 0 aromatic carbocycles. The predicted molar refractivity (Wildman–Crippen MR) is 226 cm³/mol. The van der Waals surface area contributed by atoms with Crippen LogP contribution < -0.4 is 11.1 Å². The van der Waals surface area contributed by atoms with E-state index in [9.17, 15) is 19.4 Å². The Kier molecular flexibility index (Phi) is 40.3. The van der Waals surface area contributed by atoms with E-state index in [1.54, 1.807) is 6.08 Å². The molecular weight excluding hydrogens is 683 g/mol. The van der Waals surface area contributed by atoms with Crippen molar-refractivity contribution in [3.8, 4) is 0 Å². The second-order valence-corrected chi connectivity index (χ2v) is 17.1. The van der Waals surface area contributed by atoms with E-state index in [2.05, 4.69) is 19.2 Å². The molecule has 0 heterocycles. The van der Waals surface area contributed by atoms with Crippen molar-refractivity contribution < 1.29 is 28.4 Å². The lowest BCUT2D eigenvalue weighted by atomic mass is 10.0. The van der Waals surface area contributed by atoms with Gasteiger partial charge >= 0.3 is 7.82 Å². The Balaban J connectivity index is 4.11. The number of carbonyl (C=O) groups is 1. The minimum absolute atomic E-state index is 0.0814. The van der Waals surface area contributed by atoms with Crippen LogP contribution in [0.3, 0.4) is 0 Å². The molecule has 0 aliphatic rings. The first-order valence-electron chi connectivity index (χ1n) is 22.8. The van der Waals surface area contributed by atoms with Crippen LogP contribution in [0.5, 0.6) is 0 Å². The normalized spacial score (nSPS) is 14.1. The highest BCUT2D eigenvalue weighted by molar-refractivity contribution is 7.47. The van der Waals surface area contributed by atoms with Crippen LogP contribution in [-0.4, -0.2) is 47.8 Å². The third kappa shape index (κ3) is 39.3. The number of hydrogen-bond donors (Lipinski definition) is 4. The van der Waals surface area contributed by atoms with Gasteiger partial charge in [0.1, 0.15) is 0 Å². The van der Waals surface area contributed by atoms with Crippen LogP contribution in [0.2, 0.25) is 0 Å². The zero-order valence-corrected chi connectivity index (χ0v) is 35.9. The van der Waals surface area contributed by atoms with Crippen LogP contribution in [0, 0.1) is 0 Å². The molecule has 0 saturated heterocycles. The van der Waals surface area contributed by atoms with Crippen molar-refractivity contribution >= 4 is 13.7 Å². The third-order valence-electron chi connectivity index (χ3n) is 10.4. The first-order valence-corrected chi connectivity index (χ1v) is 24.3. The standard InChI is InChI=1S/C44H89N2O6P/c1-3-5-7-9-11-13-15-17-19-20-21-22-23-24-26-28-30-32-34-36-38-44(48)46-42(41-52-53(49,50)51-40-39-45)43(47)37-35-33-31-29-27-25-18-16-14-12-10-8-6-4-2/h35,37,42-43,47H,3-34,36,38-41,45H2,1-2H3,(H,46,48)(H,49,50)/b37-35+. The van der Waals surface area contributed by atoms with Crippen LogP contribution in [0.4, 0.5) is 0 Å². The van der Waals surface area contributed by atoms with Gasteiger partial charge in [-0.25, -0.2) is 4.57 Å². The van der Waals surface area contributed by atoms with Crippen molar-refractivity contribution in [2.75, 3.05) is 19.8 Å². The fourth-order valence-electron chi connectivity index (χ4n) is 6.90. The lowest BCUT2D eigenvalue weighted by molar-refractivity contribution is -0.123. The zero-order valence-electron chi connectivity index (χ0n) is 35.0. The first kappa shape index (κ1) is 52.2. The summed E-state index contributed by atoms with van der Waals surface area (Å²) >= 11 is 0. The fourth-order valence-corrected chi connectivity index (χ4v) is 7.66. The average Bonchev–Trinajstić information content (AvgIpc) is 3.14. The Hall–Kier alpha value is -0.760. The Morgan fingerprint density at radius 3 is 1.34 bits per heavy atom. The lowest BCUT2D eigenvalue weighted by Gasteiger charge is -2.23. The predicted octanol–water partition coefficient (Wildman–Crippen LogP) is 12.8. The SMILES string of the molecule is CCCCCCCCCCCCCC/C=C/C(O)C(COP(=O)(O)OCCN)NC(=O)CCCCCCCCCCCCCCCCCCCCCC. The third-order valence-corrected chi connectivity index (χ3v) is 11.3. The second kappa shape index (κ2) is 40.9. The fraction of sp³-hybridized carbons (Fsp3) is 0.932. The van der Waals surface area contributed by atoms with Gasteiger partial charge in [0.05, 0.1) is 25.4 Å². The van der Waals surface area contributed by atoms with Crippen LogP contribution in [-0.2, 0) is 18.4 Å². The molecule has 8 nitrogen and oxygen atoms in total. The molecule has 0 radical (unpaired) electrons. The summed E-state index contributed by atoms with van der Waals surface area (Å²) in [5.41, 5.74) is 5.37. The van der Waals surface area contributed by atoms with E-state index >= 15 is 0 Å². The highest BCUT2D eigenvalue weighted by atomic mass is 31.2. The van der Waals surface area contributed by atoms with E-state index < -0.39 is 20.0 Å². The highest BCUT2D eigenvalue weighted by Crippen LogP contribution is 2.43. The maximum absolute atomic E-state index is 12.8. The lowest BCUT2D eigenvalue weighted by Crippen LogP contribution is -2.45. The maximum Gasteiger partial charge on any atom is 0.472 e. The molecule has 316 valence electrons. The van der Waals surface area contributed by atoms with E-state index in [4.69, 9.17) is 14.8 Å². The molecular formula is C44H89N2O6P. The minimum Gasteiger partial charge on any atom is -0.387 e. The summed E-state index contributed by atoms with van der Waals surface area (Å²) in [6.45, 7) is 4.16. The van der Waals surface area contributed by atoms with Crippen molar-refractivity contribution in [3.05, 3.63) is 12.2 Å². The molecule has 1 amide bonds. The molecule has 3 atom stereocenters. The number of hydrogen-bond acceptors (Lipinski definition) is 6. The van der Waals surface area contributed by atoms with E-state index in [0.717, 1.165) is 38.5 Å². The minimum atomic E-state index is -4.33. The number of allylic oxidation sites excluding steroid dienone is 1. The molecule has 3 unspecified atom stereocenters. The number of nitrogens with one attached hydrogen (secondary N) is 1. The molecule has 0 rings (SSSR count). The Bertz CT molecular complexity index is 845. The molecule has 0 spiro atoms. The number of amides is 1. The van der Waals surface area contributed by atoms with Gasteiger partial charge in [0.15, 0.2) is 0 Å². The number of phosphoric ester groups is 1. The van der Waals surface area contributed by atoms with Gasteiger partial charge in [-0.2, -0.15) is 0 Å². The topological polar surface area (TPSA) is 131 Å². The highest BCUT2D eigenvalue weighted by Gasteiger charge is 2.26. The molecule has 0 aliphatic carbocycles. The van der Waals surface area contributed by atoms with E-state index in [0.29, 0.717) is 6.42 Å². The molecule has 0 aromatic rings. The van der Waals surface area contributed by atoms with E-state index in [1.807, 2.05) is 6.08 Å². The Morgan fingerprint density at radius 1 is 0.604 bits per heavy atom. The number of carbonyl (C=O) groups excluding carboxylic acids is 1. The molecule has 5 N–H and O–H groups in total. The summed E-state index contributed by atoms with van der Waals surface area (Å²) in [6, 6.07) is -0.854. The number of unbranched alkanes of at least 4 members (excludes halogenated alkanes) is 31. The average molecular weight is 773 g/mol. The summed E-state index contributed by atoms with van der Waals surface area (Å²) in [5.74, 6) is -0.190. The van der Waals surface area contributed by atoms with Crippen molar-refractivity contribution in [3.63, 3.8) is 0 Å². The van der Waals surface area contributed by atoms with Gasteiger partial charge in [-0.05, 0) is 19.3 Å². The molecule has 0 bridgehead atoms. The number of phosphoric acid groups is 1. The summed E-state index contributed by atoms with van der Waals surface area (Å²) in [5, 5.41) is 13.7. The van der Waals surface area contributed by atoms with Crippen LogP contribution >= 0.6 is 7.82 Å². The molecule has 9 heteroatoms. The quantitative estimate of drug-likeness (QED) is 0.0276. The van der Waals surface area contributed by atoms with Crippen LogP contribution in [0.15, 0.2) is 12.2 Å². The monoisotopic (exact) mass is 773 g/mol. The molecule has 0 aliphatic heterocycles. The van der Waals surface area contributed by atoms with E-state index in [1.165, 1.54) is 173 Å². The summed E-state index contributed by atoms with van der Waals surface area (Å²) in [7, 11) is -4.33. The molecule has 0 fully saturated rings. The van der Waals surface area contributed by atoms with Crippen LogP contribution in [0.25, 0.3) is 0 Å². The number of nitrogens with two attached hydrogens (primary N) is 1. The smallest absolute Gasteiger partial charge is 0.387 e. The molecule has 0 saturated carbocycles. The van der Waals surface area contributed by atoms with Gasteiger partial charge in [0.25, 0.3) is 0 Å². The van der Waals surface area contributed by atoms with E-state index in [-0.39, 0.29) is 25.7 Å². The maximum atomic E-state index is 12.8. The van der Waals surface area contributed by atoms with Gasteiger partial charge in [-0.1, -0.05) is 219 Å². The first-order chi connectivity index (χ1) is 25.9. The summed E-state index contributed by atoms with van der Waals surface area (Å²) in [4.78, 5) is 22.7. The van der Waals surface area contributed by atoms with Crippen molar-refractivity contribution in [1.29, 1.82) is 0 Å². The van der Waals surface area contributed by atoms with Gasteiger partial charge < -0.3 is 21.1 Å². The Morgan fingerprint density at radius 2 is 0.962 bits per heavy atom. The molecule has 53 heavy (non-hydrogen) atoms. The summed E-state index contributed by atoms with van der Waals surface area (Å²) < 4.78 is 22.1. The molecule has 0 aromatic heterocycles. The van der Waals surface area contributed by atoms with Crippen molar-refractivity contribution in [2.45, 2.75) is 244 Å². The number of aliphatic hydroxyl groups is 1. The second-order valence-electron chi connectivity index (χ2n) is 15.6. The van der Waals surface area contributed by atoms with Crippen molar-refractivity contribution in [2.24, 2.45) is 5.73 Å². The van der Waals surface area contributed by atoms with Gasteiger partial charge in [0.2, 0.25) is 5.91 Å². The zero-order chi connectivity index (χ0) is 38.9.